The van der Waals surface area contributed by atoms with Crippen molar-refractivity contribution in [3.05, 3.63) is 95.0 Å². The molecule has 1 N–H and O–H groups in total. The van der Waals surface area contributed by atoms with Gasteiger partial charge in [0.25, 0.3) is 0 Å². The van der Waals surface area contributed by atoms with Crippen LogP contribution in [0.4, 0.5) is 25.0 Å². The molecule has 0 radical (unpaired) electrons. The Bertz CT molecular complexity index is 1130. The molecule has 170 valence electrons. The van der Waals surface area contributed by atoms with Gasteiger partial charge in [0.05, 0.1) is 6.04 Å². The van der Waals surface area contributed by atoms with Gasteiger partial charge in [0.2, 0.25) is 0 Å². The number of nitrogens with zero attached hydrogens (tertiary/aromatic N) is 2. The first-order valence-electron chi connectivity index (χ1n) is 11.0. The zero-order valence-corrected chi connectivity index (χ0v) is 18.7. The molecule has 2 heterocycles. The van der Waals surface area contributed by atoms with Gasteiger partial charge in [0.15, 0.2) is 0 Å². The van der Waals surface area contributed by atoms with E-state index in [2.05, 4.69) is 22.3 Å². The van der Waals surface area contributed by atoms with E-state index in [9.17, 15) is 13.6 Å². The van der Waals surface area contributed by atoms with Crippen LogP contribution in [-0.2, 0) is 0 Å². The summed E-state index contributed by atoms with van der Waals surface area (Å²) in [6, 6.07) is 20.2. The van der Waals surface area contributed by atoms with Crippen LogP contribution in [0, 0.1) is 17.0 Å². The molecule has 0 bridgehead atoms. The van der Waals surface area contributed by atoms with Crippen LogP contribution in [0.1, 0.15) is 24.4 Å². The van der Waals surface area contributed by atoms with E-state index in [4.69, 9.17) is 11.6 Å². The van der Waals surface area contributed by atoms with Gasteiger partial charge in [0.1, 0.15) is 11.6 Å². The number of carbonyl (C=O) groups is 1. The second kappa shape index (κ2) is 8.67. The van der Waals surface area contributed by atoms with E-state index >= 15 is 0 Å². The Labute approximate surface area is 196 Å². The van der Waals surface area contributed by atoms with Crippen molar-refractivity contribution >= 4 is 29.0 Å². The molecule has 0 aromatic heterocycles. The Kier molecular flexibility index (Phi) is 5.71. The topological polar surface area (TPSA) is 35.6 Å². The lowest BCUT2D eigenvalue weighted by Gasteiger charge is -2.61. The number of benzene rings is 3. The number of nitrogens with one attached hydrogen (secondary N) is 1. The maximum atomic E-state index is 13.5. The fourth-order valence-electron chi connectivity index (χ4n) is 5.11. The molecule has 2 amide bonds. The Morgan fingerprint density at radius 3 is 2.06 bits per heavy atom. The zero-order chi connectivity index (χ0) is 23.0. The minimum absolute atomic E-state index is 0.0227. The molecule has 5 rings (SSSR count). The molecular formula is C26H24ClF2N3O. The van der Waals surface area contributed by atoms with Gasteiger partial charge in [-0.05, 0) is 79.1 Å². The molecule has 1 spiro atoms. The van der Waals surface area contributed by atoms with Crippen molar-refractivity contribution in [2.75, 3.05) is 29.9 Å². The number of hydrogen-bond acceptors (Lipinski definition) is 2. The number of anilines is 2. The largest absolute Gasteiger partial charge is 0.363 e. The molecule has 1 atom stereocenters. The molecule has 4 nitrogen and oxygen atoms in total. The first kappa shape index (κ1) is 21.7. The molecule has 33 heavy (non-hydrogen) atoms. The maximum Gasteiger partial charge on any atom is 0.321 e. The van der Waals surface area contributed by atoms with Crippen molar-refractivity contribution in [3.63, 3.8) is 0 Å². The normalized spacial score (nSPS) is 19.3. The van der Waals surface area contributed by atoms with Crippen LogP contribution < -0.4 is 10.2 Å². The van der Waals surface area contributed by atoms with Gasteiger partial charge in [-0.25, -0.2) is 13.6 Å². The summed E-state index contributed by atoms with van der Waals surface area (Å²) >= 11 is 6.13. The fourth-order valence-corrected chi connectivity index (χ4v) is 5.24. The number of amides is 2. The number of halogens is 3. The van der Waals surface area contributed by atoms with Gasteiger partial charge in [-0.15, -0.1) is 0 Å². The van der Waals surface area contributed by atoms with Crippen LogP contribution in [0.2, 0.25) is 5.02 Å². The Balaban J connectivity index is 1.32. The molecule has 1 unspecified atom stereocenters. The second-order valence-electron chi connectivity index (χ2n) is 8.84. The number of piperidine rings is 1. The van der Waals surface area contributed by atoms with Gasteiger partial charge in [-0.2, -0.15) is 0 Å². The molecule has 3 aromatic rings. The average molecular weight is 468 g/mol. The van der Waals surface area contributed by atoms with E-state index in [1.54, 1.807) is 12.1 Å². The third-order valence-electron chi connectivity index (χ3n) is 6.86. The Morgan fingerprint density at radius 1 is 0.879 bits per heavy atom. The quantitative estimate of drug-likeness (QED) is 0.477. The summed E-state index contributed by atoms with van der Waals surface area (Å²) in [5, 5.41) is 3.54. The van der Waals surface area contributed by atoms with Gasteiger partial charge in [0, 0.05) is 41.4 Å². The van der Waals surface area contributed by atoms with Crippen LogP contribution in [-0.4, -0.2) is 30.6 Å². The van der Waals surface area contributed by atoms with Gasteiger partial charge in [-0.1, -0.05) is 23.7 Å². The third kappa shape index (κ3) is 4.27. The molecule has 7 heteroatoms. The van der Waals surface area contributed by atoms with Crippen LogP contribution in [0.15, 0.2) is 72.8 Å². The highest BCUT2D eigenvalue weighted by molar-refractivity contribution is 6.30. The summed E-state index contributed by atoms with van der Waals surface area (Å²) in [5.74, 6) is -0.589. The molecule has 2 saturated heterocycles. The third-order valence-corrected chi connectivity index (χ3v) is 7.11. The fraction of sp³-hybridized carbons (Fsp3) is 0.269. The predicted molar refractivity (Wildman–Crippen MR) is 127 cm³/mol. The number of likely N-dealkylation sites (tertiary alicyclic amines) is 1. The number of rotatable bonds is 3. The predicted octanol–water partition coefficient (Wildman–Crippen LogP) is 6.49. The Hall–Kier alpha value is -3.12. The van der Waals surface area contributed by atoms with E-state index in [1.165, 1.54) is 29.8 Å². The van der Waals surface area contributed by atoms with Crippen LogP contribution in [0.3, 0.4) is 0 Å². The first-order valence-corrected chi connectivity index (χ1v) is 11.4. The van der Waals surface area contributed by atoms with Gasteiger partial charge < -0.3 is 15.1 Å². The molecule has 2 fully saturated rings. The summed E-state index contributed by atoms with van der Waals surface area (Å²) in [5.41, 5.74) is 2.75. The number of hydrogen-bond donors (Lipinski definition) is 1. The summed E-state index contributed by atoms with van der Waals surface area (Å²) in [6.45, 7) is 2.11. The van der Waals surface area contributed by atoms with E-state index in [-0.39, 0.29) is 29.1 Å². The van der Waals surface area contributed by atoms with Crippen molar-refractivity contribution in [2.45, 2.75) is 18.9 Å². The highest BCUT2D eigenvalue weighted by Crippen LogP contribution is 2.56. The lowest BCUT2D eigenvalue weighted by molar-refractivity contribution is 0.0459. The molecule has 3 aromatic carbocycles. The highest BCUT2D eigenvalue weighted by atomic mass is 35.5. The lowest BCUT2D eigenvalue weighted by atomic mass is 9.63. The molecule has 2 aliphatic rings. The van der Waals surface area contributed by atoms with Crippen molar-refractivity contribution in [1.82, 2.24) is 4.90 Å². The van der Waals surface area contributed by atoms with Crippen LogP contribution in [0.25, 0.3) is 0 Å². The first-order chi connectivity index (χ1) is 15.9. The number of urea groups is 1. The van der Waals surface area contributed by atoms with Crippen molar-refractivity contribution < 1.29 is 13.6 Å². The standard InChI is InChI=1S/C26H24ClF2N3O/c27-19-3-1-18(2-4-19)24-26(17-32(24)23-11-7-21(29)8-12-23)13-15-31(16-14-26)25(33)30-22-9-5-20(28)6-10-22/h1-12,24H,13-17H2,(H,30,33). The molecule has 2 aliphatic heterocycles. The van der Waals surface area contributed by atoms with Gasteiger partial charge >= 0.3 is 6.03 Å². The summed E-state index contributed by atoms with van der Waals surface area (Å²) < 4.78 is 26.6. The zero-order valence-electron chi connectivity index (χ0n) is 18.0. The summed E-state index contributed by atoms with van der Waals surface area (Å²) in [4.78, 5) is 16.9. The second-order valence-corrected chi connectivity index (χ2v) is 9.28. The van der Waals surface area contributed by atoms with E-state index < -0.39 is 0 Å². The molecule has 0 aliphatic carbocycles. The van der Waals surface area contributed by atoms with Crippen molar-refractivity contribution in [2.24, 2.45) is 5.41 Å². The van der Waals surface area contributed by atoms with Crippen molar-refractivity contribution in [1.29, 1.82) is 0 Å². The monoisotopic (exact) mass is 467 g/mol. The maximum absolute atomic E-state index is 13.5. The summed E-state index contributed by atoms with van der Waals surface area (Å²) in [6.07, 6.45) is 1.71. The van der Waals surface area contributed by atoms with Crippen molar-refractivity contribution in [3.8, 4) is 0 Å². The van der Waals surface area contributed by atoms with E-state index in [0.717, 1.165) is 25.1 Å². The number of carbonyl (C=O) groups excluding carboxylic acids is 1. The Morgan fingerprint density at radius 2 is 1.45 bits per heavy atom. The van der Waals surface area contributed by atoms with E-state index in [0.29, 0.717) is 23.8 Å². The summed E-state index contributed by atoms with van der Waals surface area (Å²) in [7, 11) is 0. The minimum atomic E-state index is -0.336. The van der Waals surface area contributed by atoms with E-state index in [1.807, 2.05) is 29.2 Å². The lowest BCUT2D eigenvalue weighted by Crippen LogP contribution is -2.63. The smallest absolute Gasteiger partial charge is 0.321 e. The minimum Gasteiger partial charge on any atom is -0.363 e. The SMILES string of the molecule is O=C(Nc1ccc(F)cc1)N1CCC2(CC1)CN(c1ccc(F)cc1)C2c1ccc(Cl)cc1. The highest BCUT2D eigenvalue weighted by Gasteiger charge is 2.54. The molecular weight excluding hydrogens is 444 g/mol. The molecule has 0 saturated carbocycles. The van der Waals surface area contributed by atoms with Gasteiger partial charge in [-0.3, -0.25) is 0 Å². The average Bonchev–Trinajstić information content (AvgIpc) is 2.81. The van der Waals surface area contributed by atoms with Crippen LogP contribution in [0.5, 0.6) is 0 Å². The van der Waals surface area contributed by atoms with Crippen LogP contribution >= 0.6 is 11.6 Å².